The summed E-state index contributed by atoms with van der Waals surface area (Å²) < 4.78 is 28.2. The Morgan fingerprint density at radius 3 is 2.50 bits per heavy atom. The van der Waals surface area contributed by atoms with Crippen molar-refractivity contribution in [2.75, 3.05) is 20.1 Å². The topological polar surface area (TPSA) is 53.5 Å². The van der Waals surface area contributed by atoms with E-state index in [1.807, 2.05) is 18.2 Å². The highest BCUT2D eigenvalue weighted by atomic mass is 32.2. The molecule has 0 saturated carbocycles. The number of hydrogen-bond donors (Lipinski definition) is 0. The van der Waals surface area contributed by atoms with E-state index in [0.29, 0.717) is 31.5 Å². The van der Waals surface area contributed by atoms with Crippen molar-refractivity contribution in [1.29, 1.82) is 0 Å². The minimum absolute atomic E-state index is 0.308. The number of aromatic nitrogens is 1. The van der Waals surface area contributed by atoms with Gasteiger partial charge < -0.3 is 0 Å². The van der Waals surface area contributed by atoms with Gasteiger partial charge in [0.15, 0.2) is 0 Å². The molecule has 112 valence electrons. The van der Waals surface area contributed by atoms with Crippen LogP contribution in [-0.2, 0) is 16.8 Å². The number of nitrogens with zero attached hydrogens (tertiary/aromatic N) is 3. The van der Waals surface area contributed by atoms with Gasteiger partial charge in [-0.2, -0.15) is 17.0 Å². The van der Waals surface area contributed by atoms with Crippen molar-refractivity contribution in [1.82, 2.24) is 13.6 Å². The molecule has 1 aliphatic heterocycles. The van der Waals surface area contributed by atoms with Gasteiger partial charge in [0.25, 0.3) is 10.2 Å². The number of piperidine rings is 1. The van der Waals surface area contributed by atoms with Crippen molar-refractivity contribution in [2.24, 2.45) is 11.8 Å². The van der Waals surface area contributed by atoms with Gasteiger partial charge in [-0.1, -0.05) is 19.9 Å². The van der Waals surface area contributed by atoms with E-state index < -0.39 is 10.2 Å². The summed E-state index contributed by atoms with van der Waals surface area (Å²) in [6, 6.07) is 5.54. The van der Waals surface area contributed by atoms with Crippen molar-refractivity contribution in [3.8, 4) is 0 Å². The fourth-order valence-electron chi connectivity index (χ4n) is 2.79. The van der Waals surface area contributed by atoms with Crippen LogP contribution in [-0.4, -0.2) is 42.1 Å². The minimum atomic E-state index is -3.40. The molecule has 0 radical (unpaired) electrons. The molecule has 1 aromatic heterocycles. The lowest BCUT2D eigenvalue weighted by Crippen LogP contribution is -2.48. The summed E-state index contributed by atoms with van der Waals surface area (Å²) in [5.74, 6) is 0.827. The maximum atomic E-state index is 12.6. The fraction of sp³-hybridized carbons (Fsp3) is 0.643. The lowest BCUT2D eigenvalue weighted by atomic mass is 9.94. The van der Waals surface area contributed by atoms with Crippen molar-refractivity contribution in [2.45, 2.75) is 26.8 Å². The monoisotopic (exact) mass is 297 g/mol. The first-order valence-corrected chi connectivity index (χ1v) is 8.40. The molecule has 1 aliphatic rings. The lowest BCUT2D eigenvalue weighted by Gasteiger charge is -2.36. The van der Waals surface area contributed by atoms with E-state index in [4.69, 9.17) is 0 Å². The molecule has 2 rings (SSSR count). The smallest absolute Gasteiger partial charge is 0.260 e. The lowest BCUT2D eigenvalue weighted by molar-refractivity contribution is 0.211. The molecule has 6 heteroatoms. The first-order chi connectivity index (χ1) is 9.39. The molecule has 0 aromatic carbocycles. The Labute approximate surface area is 121 Å². The molecule has 1 aromatic rings. The normalized spacial score (nSPS) is 25.0. The summed E-state index contributed by atoms with van der Waals surface area (Å²) in [6.45, 7) is 5.74. The van der Waals surface area contributed by atoms with E-state index in [2.05, 4.69) is 18.8 Å². The van der Waals surface area contributed by atoms with Gasteiger partial charge in [-0.3, -0.25) is 4.98 Å². The maximum absolute atomic E-state index is 12.6. The van der Waals surface area contributed by atoms with Crippen LogP contribution >= 0.6 is 0 Å². The molecule has 2 heterocycles. The van der Waals surface area contributed by atoms with Crippen LogP contribution in [0.1, 0.15) is 26.0 Å². The molecular formula is C14H23N3O2S. The minimum Gasteiger partial charge on any atom is -0.260 e. The molecule has 0 N–H and O–H groups in total. The van der Waals surface area contributed by atoms with Crippen LogP contribution in [0.4, 0.5) is 0 Å². The second-order valence-electron chi connectivity index (χ2n) is 5.85. The van der Waals surface area contributed by atoms with E-state index in [-0.39, 0.29) is 0 Å². The van der Waals surface area contributed by atoms with Gasteiger partial charge in [0, 0.05) is 26.3 Å². The number of hydrogen-bond acceptors (Lipinski definition) is 3. The van der Waals surface area contributed by atoms with E-state index >= 15 is 0 Å². The molecule has 0 amide bonds. The third kappa shape index (κ3) is 3.56. The molecule has 0 bridgehead atoms. The Morgan fingerprint density at radius 2 is 1.95 bits per heavy atom. The predicted octanol–water partition coefficient (Wildman–Crippen LogP) is 1.74. The molecule has 5 nitrogen and oxygen atoms in total. The van der Waals surface area contributed by atoms with Crippen molar-refractivity contribution < 1.29 is 8.42 Å². The molecule has 1 saturated heterocycles. The fourth-order valence-corrected chi connectivity index (χ4v) is 4.37. The Hall–Kier alpha value is -0.980. The summed E-state index contributed by atoms with van der Waals surface area (Å²) in [5.41, 5.74) is 0.761. The van der Waals surface area contributed by atoms with Gasteiger partial charge in [-0.25, -0.2) is 0 Å². The second kappa shape index (κ2) is 6.20. The van der Waals surface area contributed by atoms with Gasteiger partial charge >= 0.3 is 0 Å². The van der Waals surface area contributed by atoms with Crippen molar-refractivity contribution in [3.63, 3.8) is 0 Å². The van der Waals surface area contributed by atoms with Gasteiger partial charge in [-0.05, 0) is 30.4 Å². The van der Waals surface area contributed by atoms with Gasteiger partial charge in [-0.15, -0.1) is 0 Å². The van der Waals surface area contributed by atoms with Crippen molar-refractivity contribution >= 4 is 10.2 Å². The van der Waals surface area contributed by atoms with Crippen LogP contribution in [0.15, 0.2) is 24.4 Å². The summed E-state index contributed by atoms with van der Waals surface area (Å²) >= 11 is 0. The van der Waals surface area contributed by atoms with E-state index in [9.17, 15) is 8.42 Å². The van der Waals surface area contributed by atoms with Crippen LogP contribution in [0.2, 0.25) is 0 Å². The summed E-state index contributed by atoms with van der Waals surface area (Å²) in [4.78, 5) is 4.18. The SMILES string of the molecule is C[C@@H]1C[C@@H](C)CN(S(=O)(=O)N(C)Cc2ccccn2)C1. The quantitative estimate of drug-likeness (QED) is 0.850. The molecule has 0 unspecified atom stereocenters. The zero-order valence-corrected chi connectivity index (χ0v) is 13.2. The average Bonchev–Trinajstić information content (AvgIpc) is 2.38. The van der Waals surface area contributed by atoms with Crippen LogP contribution in [0.25, 0.3) is 0 Å². The average molecular weight is 297 g/mol. The molecule has 2 atom stereocenters. The highest BCUT2D eigenvalue weighted by Crippen LogP contribution is 2.24. The second-order valence-corrected chi connectivity index (χ2v) is 7.88. The van der Waals surface area contributed by atoms with Crippen LogP contribution < -0.4 is 0 Å². The first-order valence-electron chi connectivity index (χ1n) is 7.01. The number of rotatable bonds is 4. The summed E-state index contributed by atoms with van der Waals surface area (Å²) in [6.07, 6.45) is 2.77. The predicted molar refractivity (Wildman–Crippen MR) is 79.1 cm³/mol. The zero-order chi connectivity index (χ0) is 14.8. The molecule has 20 heavy (non-hydrogen) atoms. The number of pyridine rings is 1. The summed E-state index contributed by atoms with van der Waals surface area (Å²) in [7, 11) is -1.78. The first kappa shape index (κ1) is 15.4. The van der Waals surface area contributed by atoms with Gasteiger partial charge in [0.2, 0.25) is 0 Å². The summed E-state index contributed by atoms with van der Waals surface area (Å²) in [5, 5.41) is 0. The Balaban J connectivity index is 2.09. The molecule has 1 fully saturated rings. The Morgan fingerprint density at radius 1 is 1.30 bits per heavy atom. The standard InChI is InChI=1S/C14H23N3O2S/c1-12-8-13(2)10-17(9-12)20(18,19)16(3)11-14-6-4-5-7-15-14/h4-7,12-13H,8-11H2,1-3H3/t12-,13-/m1/s1. The highest BCUT2D eigenvalue weighted by Gasteiger charge is 2.33. The van der Waals surface area contributed by atoms with Gasteiger partial charge in [0.1, 0.15) is 0 Å². The Bertz CT molecular complexity index is 523. The maximum Gasteiger partial charge on any atom is 0.282 e. The molecule has 0 spiro atoms. The molecular weight excluding hydrogens is 274 g/mol. The van der Waals surface area contributed by atoms with Gasteiger partial charge in [0.05, 0.1) is 12.2 Å². The van der Waals surface area contributed by atoms with Crippen LogP contribution in [0, 0.1) is 11.8 Å². The Kier molecular flexibility index (Phi) is 4.78. The van der Waals surface area contributed by atoms with Crippen LogP contribution in [0.3, 0.4) is 0 Å². The van der Waals surface area contributed by atoms with Crippen LogP contribution in [0.5, 0.6) is 0 Å². The largest absolute Gasteiger partial charge is 0.282 e. The van der Waals surface area contributed by atoms with E-state index in [0.717, 1.165) is 12.1 Å². The third-order valence-corrected chi connectivity index (χ3v) is 5.53. The third-order valence-electron chi connectivity index (χ3n) is 3.67. The van der Waals surface area contributed by atoms with E-state index in [1.54, 1.807) is 17.5 Å². The molecule has 0 aliphatic carbocycles. The highest BCUT2D eigenvalue weighted by molar-refractivity contribution is 7.86. The van der Waals surface area contributed by atoms with E-state index in [1.165, 1.54) is 4.31 Å². The zero-order valence-electron chi connectivity index (χ0n) is 12.4. The van der Waals surface area contributed by atoms with Crippen molar-refractivity contribution in [3.05, 3.63) is 30.1 Å².